The van der Waals surface area contributed by atoms with E-state index >= 15 is 0 Å². The third-order valence-corrected chi connectivity index (χ3v) is 4.54. The number of nitrogens with one attached hydrogen (secondary N) is 1. The Balaban J connectivity index is 2.11. The van der Waals surface area contributed by atoms with Crippen LogP contribution in [0.5, 0.6) is 5.75 Å². The molecule has 2 rings (SSSR count). The molecule has 1 aromatic rings. The van der Waals surface area contributed by atoms with Crippen LogP contribution in [0.15, 0.2) is 24.3 Å². The minimum absolute atomic E-state index is 0.397. The minimum atomic E-state index is 0.397. The third kappa shape index (κ3) is 4.45. The number of nitrogens with zero attached hydrogens (tertiary/aromatic N) is 1. The monoisotopic (exact) mass is 290 g/mol. The lowest BCUT2D eigenvalue weighted by molar-refractivity contribution is 0.141. The van der Waals surface area contributed by atoms with Crippen LogP contribution in [0.2, 0.25) is 0 Å². The van der Waals surface area contributed by atoms with Crippen LogP contribution in [-0.2, 0) is 0 Å². The molecule has 0 aromatic heterocycles. The van der Waals surface area contributed by atoms with Crippen molar-refractivity contribution < 1.29 is 4.74 Å². The van der Waals surface area contributed by atoms with E-state index in [9.17, 15) is 0 Å². The Morgan fingerprint density at radius 3 is 2.38 bits per heavy atom. The quantitative estimate of drug-likeness (QED) is 0.830. The first kappa shape index (κ1) is 16.3. The van der Waals surface area contributed by atoms with Crippen LogP contribution in [-0.4, -0.2) is 37.7 Å². The average Bonchev–Trinajstić information content (AvgIpc) is 2.56. The fourth-order valence-electron chi connectivity index (χ4n) is 3.21. The molecule has 1 aliphatic rings. The highest BCUT2D eigenvalue weighted by Crippen LogP contribution is 2.25. The fourth-order valence-corrected chi connectivity index (χ4v) is 3.21. The zero-order valence-electron chi connectivity index (χ0n) is 13.8. The summed E-state index contributed by atoms with van der Waals surface area (Å²) in [4.78, 5) is 2.64. The summed E-state index contributed by atoms with van der Waals surface area (Å²) in [5, 5.41) is 3.74. The molecule has 1 heterocycles. The molecule has 0 saturated carbocycles. The third-order valence-electron chi connectivity index (χ3n) is 4.54. The summed E-state index contributed by atoms with van der Waals surface area (Å²) >= 11 is 0. The number of methoxy groups -OCH3 is 1. The molecule has 1 N–H and O–H groups in total. The molecule has 1 aromatic carbocycles. The Bertz CT molecular complexity index is 398. The van der Waals surface area contributed by atoms with E-state index in [2.05, 4.69) is 48.3 Å². The zero-order chi connectivity index (χ0) is 15.1. The van der Waals surface area contributed by atoms with Gasteiger partial charge >= 0.3 is 0 Å². The van der Waals surface area contributed by atoms with Crippen LogP contribution in [0.4, 0.5) is 0 Å². The highest BCUT2D eigenvalue weighted by Gasteiger charge is 2.25. The van der Waals surface area contributed by atoms with Crippen molar-refractivity contribution in [2.24, 2.45) is 0 Å². The van der Waals surface area contributed by atoms with Crippen molar-refractivity contribution in [2.75, 3.05) is 26.7 Å². The second-order valence-electron chi connectivity index (χ2n) is 6.04. The molecule has 3 nitrogen and oxygen atoms in total. The molecule has 118 valence electrons. The Hall–Kier alpha value is -1.06. The summed E-state index contributed by atoms with van der Waals surface area (Å²) in [5.41, 5.74) is 1.36. The van der Waals surface area contributed by atoms with Crippen molar-refractivity contribution >= 4 is 0 Å². The highest BCUT2D eigenvalue weighted by atomic mass is 16.5. The Morgan fingerprint density at radius 2 is 1.81 bits per heavy atom. The van der Waals surface area contributed by atoms with Gasteiger partial charge in [0.1, 0.15) is 5.75 Å². The second-order valence-corrected chi connectivity index (χ2v) is 6.04. The van der Waals surface area contributed by atoms with Crippen molar-refractivity contribution in [1.82, 2.24) is 10.2 Å². The van der Waals surface area contributed by atoms with Crippen LogP contribution in [0.3, 0.4) is 0 Å². The molecule has 0 amide bonds. The van der Waals surface area contributed by atoms with E-state index in [1.54, 1.807) is 7.11 Å². The summed E-state index contributed by atoms with van der Waals surface area (Å²) < 4.78 is 5.28. The van der Waals surface area contributed by atoms with Crippen molar-refractivity contribution in [2.45, 2.75) is 51.6 Å². The van der Waals surface area contributed by atoms with Crippen LogP contribution in [0.1, 0.15) is 51.1 Å². The van der Waals surface area contributed by atoms with Crippen LogP contribution >= 0.6 is 0 Å². The molecule has 3 heteroatoms. The summed E-state index contributed by atoms with van der Waals surface area (Å²) in [5.74, 6) is 0.929. The molecule has 2 atom stereocenters. The van der Waals surface area contributed by atoms with Gasteiger partial charge in [0.15, 0.2) is 0 Å². The molecule has 1 saturated heterocycles. The number of rotatable bonds is 7. The molecular formula is C18H30N2O. The summed E-state index contributed by atoms with van der Waals surface area (Å²) in [6.07, 6.45) is 5.24. The second kappa shape index (κ2) is 8.40. The maximum absolute atomic E-state index is 5.28. The normalized spacial score (nSPS) is 19.2. The molecule has 0 bridgehead atoms. The van der Waals surface area contributed by atoms with Gasteiger partial charge < -0.3 is 10.1 Å². The molecule has 1 aliphatic heterocycles. The van der Waals surface area contributed by atoms with Gasteiger partial charge in [0.25, 0.3) is 0 Å². The van der Waals surface area contributed by atoms with E-state index in [1.807, 2.05) is 0 Å². The van der Waals surface area contributed by atoms with Gasteiger partial charge in [-0.25, -0.2) is 0 Å². The SMILES string of the molecule is CCCNC(c1ccc(OC)cc1)C(C)N1CCCCC1. The van der Waals surface area contributed by atoms with Gasteiger partial charge in [-0.1, -0.05) is 25.5 Å². The van der Waals surface area contributed by atoms with Gasteiger partial charge in [-0.3, -0.25) is 4.90 Å². The summed E-state index contributed by atoms with van der Waals surface area (Å²) in [6, 6.07) is 9.47. The standard InChI is InChI=1S/C18H30N2O/c1-4-12-19-18(15(2)20-13-6-5-7-14-20)16-8-10-17(21-3)11-9-16/h8-11,15,18-19H,4-7,12-14H2,1-3H3. The predicted octanol–water partition coefficient (Wildman–Crippen LogP) is 3.61. The zero-order valence-corrected chi connectivity index (χ0v) is 13.8. The molecule has 2 unspecified atom stereocenters. The van der Waals surface area contributed by atoms with Gasteiger partial charge in [-0.15, -0.1) is 0 Å². The molecule has 0 spiro atoms. The van der Waals surface area contributed by atoms with Crippen molar-refractivity contribution in [1.29, 1.82) is 0 Å². The topological polar surface area (TPSA) is 24.5 Å². The first-order chi connectivity index (χ1) is 10.3. The number of hydrogen-bond donors (Lipinski definition) is 1. The number of likely N-dealkylation sites (tertiary alicyclic amines) is 1. The van der Waals surface area contributed by atoms with Crippen LogP contribution < -0.4 is 10.1 Å². The largest absolute Gasteiger partial charge is 0.497 e. The lowest BCUT2D eigenvalue weighted by Crippen LogP contribution is -2.45. The first-order valence-corrected chi connectivity index (χ1v) is 8.37. The first-order valence-electron chi connectivity index (χ1n) is 8.37. The lowest BCUT2D eigenvalue weighted by atomic mass is 9.97. The van der Waals surface area contributed by atoms with Gasteiger partial charge in [-0.05, 0) is 63.5 Å². The lowest BCUT2D eigenvalue weighted by Gasteiger charge is -2.37. The van der Waals surface area contributed by atoms with E-state index in [0.717, 1.165) is 12.3 Å². The van der Waals surface area contributed by atoms with Gasteiger partial charge in [0.2, 0.25) is 0 Å². The molecule has 0 radical (unpaired) electrons. The summed E-state index contributed by atoms with van der Waals surface area (Å²) in [6.45, 7) is 8.13. The number of benzene rings is 1. The maximum Gasteiger partial charge on any atom is 0.118 e. The van der Waals surface area contributed by atoms with Crippen LogP contribution in [0.25, 0.3) is 0 Å². The molecular weight excluding hydrogens is 260 g/mol. The number of hydrogen-bond acceptors (Lipinski definition) is 3. The Kier molecular flexibility index (Phi) is 6.52. The Morgan fingerprint density at radius 1 is 1.14 bits per heavy atom. The van der Waals surface area contributed by atoms with Gasteiger partial charge in [0.05, 0.1) is 7.11 Å². The Labute approximate surface area is 129 Å². The molecule has 1 fully saturated rings. The number of piperidine rings is 1. The highest BCUT2D eigenvalue weighted by molar-refractivity contribution is 5.30. The minimum Gasteiger partial charge on any atom is -0.497 e. The van der Waals surface area contributed by atoms with Crippen molar-refractivity contribution in [3.63, 3.8) is 0 Å². The van der Waals surface area contributed by atoms with E-state index in [1.165, 1.54) is 44.3 Å². The fraction of sp³-hybridized carbons (Fsp3) is 0.667. The molecule has 0 aliphatic carbocycles. The smallest absolute Gasteiger partial charge is 0.118 e. The number of ether oxygens (including phenoxy) is 1. The van der Waals surface area contributed by atoms with Crippen LogP contribution in [0, 0.1) is 0 Å². The van der Waals surface area contributed by atoms with Gasteiger partial charge in [-0.2, -0.15) is 0 Å². The van der Waals surface area contributed by atoms with E-state index in [4.69, 9.17) is 4.74 Å². The van der Waals surface area contributed by atoms with Gasteiger partial charge in [0, 0.05) is 12.1 Å². The predicted molar refractivity (Wildman–Crippen MR) is 88.9 cm³/mol. The maximum atomic E-state index is 5.28. The van der Waals surface area contributed by atoms with Crippen molar-refractivity contribution in [3.05, 3.63) is 29.8 Å². The van der Waals surface area contributed by atoms with Crippen molar-refractivity contribution in [3.8, 4) is 5.75 Å². The summed E-state index contributed by atoms with van der Waals surface area (Å²) in [7, 11) is 1.72. The average molecular weight is 290 g/mol. The van der Waals surface area contributed by atoms with E-state index < -0.39 is 0 Å². The molecule has 21 heavy (non-hydrogen) atoms. The van der Waals surface area contributed by atoms with E-state index in [0.29, 0.717) is 12.1 Å². The van der Waals surface area contributed by atoms with E-state index in [-0.39, 0.29) is 0 Å².